The Hall–Kier alpha value is -2.93. The van der Waals surface area contributed by atoms with Crippen molar-refractivity contribution in [2.75, 3.05) is 11.9 Å². The summed E-state index contributed by atoms with van der Waals surface area (Å²) in [5.41, 5.74) is 1.50. The molecular formula is C17H16ClN5O2. The minimum absolute atomic E-state index is 0.137. The van der Waals surface area contributed by atoms with E-state index in [0.717, 1.165) is 5.56 Å². The molecule has 0 aliphatic rings. The van der Waals surface area contributed by atoms with Crippen LogP contribution in [-0.2, 0) is 11.8 Å². The van der Waals surface area contributed by atoms with E-state index in [-0.39, 0.29) is 18.9 Å². The van der Waals surface area contributed by atoms with Crippen LogP contribution in [0.1, 0.15) is 6.42 Å². The molecule has 2 aromatic carbocycles. The lowest BCUT2D eigenvalue weighted by atomic mass is 10.2. The highest BCUT2D eigenvalue weighted by Gasteiger charge is 2.08. The molecule has 1 amide bonds. The van der Waals surface area contributed by atoms with Gasteiger partial charge < -0.3 is 10.1 Å². The highest BCUT2D eigenvalue weighted by Crippen LogP contribution is 2.20. The van der Waals surface area contributed by atoms with Gasteiger partial charge in [0.1, 0.15) is 5.75 Å². The number of carbonyl (C=O) groups excluding carboxylic acids is 1. The van der Waals surface area contributed by atoms with Gasteiger partial charge in [0.15, 0.2) is 5.82 Å². The Kier molecular flexibility index (Phi) is 5.25. The van der Waals surface area contributed by atoms with Gasteiger partial charge >= 0.3 is 0 Å². The van der Waals surface area contributed by atoms with Crippen LogP contribution < -0.4 is 10.1 Å². The quantitative estimate of drug-likeness (QED) is 0.733. The molecule has 0 radical (unpaired) electrons. The van der Waals surface area contributed by atoms with Crippen LogP contribution >= 0.6 is 11.6 Å². The summed E-state index contributed by atoms with van der Waals surface area (Å²) < 4.78 is 7.09. The van der Waals surface area contributed by atoms with Gasteiger partial charge in [-0.15, -0.1) is 5.10 Å². The summed E-state index contributed by atoms with van der Waals surface area (Å²) >= 11 is 5.81. The molecule has 1 N–H and O–H groups in total. The third-order valence-electron chi connectivity index (χ3n) is 3.44. The van der Waals surface area contributed by atoms with Crippen molar-refractivity contribution in [2.45, 2.75) is 6.42 Å². The fourth-order valence-corrected chi connectivity index (χ4v) is 2.35. The summed E-state index contributed by atoms with van der Waals surface area (Å²) in [4.78, 5) is 12.1. The molecule has 3 rings (SSSR count). The van der Waals surface area contributed by atoms with E-state index < -0.39 is 0 Å². The number of hydrogen-bond donors (Lipinski definition) is 1. The maximum Gasteiger partial charge on any atom is 0.227 e. The predicted molar refractivity (Wildman–Crippen MR) is 94.4 cm³/mol. The van der Waals surface area contributed by atoms with Crippen LogP contribution in [0.25, 0.3) is 11.4 Å². The molecule has 0 spiro atoms. The summed E-state index contributed by atoms with van der Waals surface area (Å²) in [7, 11) is 1.76. The second-order valence-electron chi connectivity index (χ2n) is 5.31. The molecule has 1 aromatic heterocycles. The summed E-state index contributed by atoms with van der Waals surface area (Å²) in [5, 5.41) is 14.9. The Labute approximate surface area is 149 Å². The first-order chi connectivity index (χ1) is 12.1. The van der Waals surface area contributed by atoms with Crippen LogP contribution in [0.5, 0.6) is 5.75 Å². The molecule has 25 heavy (non-hydrogen) atoms. The summed E-state index contributed by atoms with van der Waals surface area (Å²) in [6, 6.07) is 14.4. The Morgan fingerprint density at radius 3 is 2.76 bits per heavy atom. The monoisotopic (exact) mass is 357 g/mol. The Bertz CT molecular complexity index is 863. The van der Waals surface area contributed by atoms with Crippen LogP contribution in [0.3, 0.4) is 0 Å². The Balaban J connectivity index is 1.54. The highest BCUT2D eigenvalue weighted by molar-refractivity contribution is 6.30. The molecule has 0 atom stereocenters. The molecule has 7 nitrogen and oxygen atoms in total. The van der Waals surface area contributed by atoms with Crippen LogP contribution in [-0.4, -0.2) is 32.7 Å². The van der Waals surface area contributed by atoms with Crippen LogP contribution in [0.4, 0.5) is 5.69 Å². The lowest BCUT2D eigenvalue weighted by molar-refractivity contribution is -0.116. The number of rotatable bonds is 6. The first-order valence-corrected chi connectivity index (χ1v) is 8.00. The van der Waals surface area contributed by atoms with Gasteiger partial charge in [-0.2, -0.15) is 0 Å². The van der Waals surface area contributed by atoms with Crippen LogP contribution in [0.15, 0.2) is 48.5 Å². The lowest BCUT2D eigenvalue weighted by Crippen LogP contribution is -2.15. The number of ether oxygens (including phenoxy) is 1. The topological polar surface area (TPSA) is 81.9 Å². The van der Waals surface area contributed by atoms with E-state index in [1.807, 2.05) is 24.3 Å². The largest absolute Gasteiger partial charge is 0.493 e. The third kappa shape index (κ3) is 4.54. The SMILES string of the molecule is Cn1nnnc1-c1cccc(NC(=O)CCOc2ccc(Cl)cc2)c1. The molecule has 128 valence electrons. The predicted octanol–water partition coefficient (Wildman–Crippen LogP) is 2.94. The molecule has 0 saturated heterocycles. The van der Waals surface area contributed by atoms with E-state index in [0.29, 0.717) is 22.3 Å². The second-order valence-corrected chi connectivity index (χ2v) is 5.74. The van der Waals surface area contributed by atoms with Gasteiger partial charge in [0.05, 0.1) is 13.0 Å². The van der Waals surface area contributed by atoms with Gasteiger partial charge in [-0.1, -0.05) is 23.7 Å². The summed E-state index contributed by atoms with van der Waals surface area (Å²) in [6.07, 6.45) is 0.234. The van der Waals surface area contributed by atoms with Gasteiger partial charge in [-0.25, -0.2) is 4.68 Å². The Morgan fingerprint density at radius 1 is 1.24 bits per heavy atom. The number of halogens is 1. The molecule has 0 unspecified atom stereocenters. The van der Waals surface area contributed by atoms with E-state index in [1.54, 1.807) is 36.0 Å². The fraction of sp³-hybridized carbons (Fsp3) is 0.176. The molecular weight excluding hydrogens is 342 g/mol. The number of benzene rings is 2. The van der Waals surface area contributed by atoms with Crippen molar-refractivity contribution in [1.29, 1.82) is 0 Å². The molecule has 0 aliphatic heterocycles. The average molecular weight is 358 g/mol. The van der Waals surface area contributed by atoms with Crippen LogP contribution in [0.2, 0.25) is 5.02 Å². The molecule has 0 aliphatic carbocycles. The minimum Gasteiger partial charge on any atom is -0.493 e. The zero-order valence-electron chi connectivity index (χ0n) is 13.5. The number of tetrazole rings is 1. The second kappa shape index (κ2) is 7.76. The smallest absolute Gasteiger partial charge is 0.227 e. The molecule has 3 aromatic rings. The maximum absolute atomic E-state index is 12.1. The van der Waals surface area contributed by atoms with Gasteiger partial charge in [0.2, 0.25) is 5.91 Å². The van der Waals surface area contributed by atoms with Gasteiger partial charge in [-0.05, 0) is 46.8 Å². The number of aromatic nitrogens is 4. The highest BCUT2D eigenvalue weighted by atomic mass is 35.5. The normalized spacial score (nSPS) is 10.5. The van der Waals surface area contributed by atoms with Crippen LogP contribution in [0, 0.1) is 0 Å². The van der Waals surface area contributed by atoms with E-state index in [1.165, 1.54) is 0 Å². The minimum atomic E-state index is -0.137. The van der Waals surface area contributed by atoms with Crippen molar-refractivity contribution in [3.8, 4) is 17.1 Å². The van der Waals surface area contributed by atoms with Crippen molar-refractivity contribution < 1.29 is 9.53 Å². The summed E-state index contributed by atoms with van der Waals surface area (Å²) in [5.74, 6) is 1.17. The van der Waals surface area contributed by atoms with Crippen molar-refractivity contribution in [3.05, 3.63) is 53.6 Å². The van der Waals surface area contributed by atoms with Crippen molar-refractivity contribution in [1.82, 2.24) is 20.2 Å². The molecule has 0 fully saturated rings. The number of amides is 1. The number of carbonyl (C=O) groups is 1. The Morgan fingerprint density at radius 2 is 2.04 bits per heavy atom. The third-order valence-corrected chi connectivity index (χ3v) is 3.69. The average Bonchev–Trinajstić information content (AvgIpc) is 3.03. The number of aryl methyl sites for hydroxylation is 1. The van der Waals surface area contributed by atoms with E-state index >= 15 is 0 Å². The van der Waals surface area contributed by atoms with Gasteiger partial charge in [0.25, 0.3) is 0 Å². The molecule has 8 heteroatoms. The number of nitrogens with zero attached hydrogens (tertiary/aromatic N) is 4. The number of nitrogens with one attached hydrogen (secondary N) is 1. The molecule has 0 saturated carbocycles. The number of hydrogen-bond acceptors (Lipinski definition) is 5. The molecule has 1 heterocycles. The van der Waals surface area contributed by atoms with E-state index in [9.17, 15) is 4.79 Å². The van der Waals surface area contributed by atoms with E-state index in [2.05, 4.69) is 20.8 Å². The molecule has 0 bridgehead atoms. The number of anilines is 1. The van der Waals surface area contributed by atoms with Gasteiger partial charge in [0, 0.05) is 23.3 Å². The maximum atomic E-state index is 12.1. The van der Waals surface area contributed by atoms with Crippen molar-refractivity contribution in [3.63, 3.8) is 0 Å². The zero-order chi connectivity index (χ0) is 17.6. The summed E-state index contributed by atoms with van der Waals surface area (Å²) in [6.45, 7) is 0.278. The zero-order valence-corrected chi connectivity index (χ0v) is 14.3. The first-order valence-electron chi connectivity index (χ1n) is 7.63. The fourth-order valence-electron chi connectivity index (χ4n) is 2.23. The lowest BCUT2D eigenvalue weighted by Gasteiger charge is -2.08. The standard InChI is InChI=1S/C17H16ClN5O2/c1-23-17(20-21-22-23)12-3-2-4-14(11-12)19-16(24)9-10-25-15-7-5-13(18)6-8-15/h2-8,11H,9-10H2,1H3,(H,19,24). The van der Waals surface area contributed by atoms with E-state index in [4.69, 9.17) is 16.3 Å². The van der Waals surface area contributed by atoms with Gasteiger partial charge in [-0.3, -0.25) is 4.79 Å². The van der Waals surface area contributed by atoms with Crippen molar-refractivity contribution >= 4 is 23.2 Å². The first kappa shape index (κ1) is 16.9. The van der Waals surface area contributed by atoms with Crippen molar-refractivity contribution in [2.24, 2.45) is 7.05 Å².